The van der Waals surface area contributed by atoms with Crippen molar-refractivity contribution < 1.29 is 9.52 Å². The van der Waals surface area contributed by atoms with Crippen LogP contribution in [0.2, 0.25) is 0 Å². The van der Waals surface area contributed by atoms with Gasteiger partial charge in [-0.2, -0.15) is 0 Å². The minimum atomic E-state index is -1.06. The van der Waals surface area contributed by atoms with Gasteiger partial charge >= 0.3 is 0 Å². The van der Waals surface area contributed by atoms with E-state index in [9.17, 15) is 5.11 Å². The lowest BCUT2D eigenvalue weighted by molar-refractivity contribution is 0.0476. The van der Waals surface area contributed by atoms with E-state index in [1.54, 1.807) is 31.5 Å². The first-order valence-corrected chi connectivity index (χ1v) is 6.48. The van der Waals surface area contributed by atoms with Gasteiger partial charge in [-0.3, -0.25) is 0 Å². The molecule has 5 nitrogen and oxygen atoms in total. The first-order valence-electron chi connectivity index (χ1n) is 6.48. The van der Waals surface area contributed by atoms with E-state index in [-0.39, 0.29) is 0 Å². The van der Waals surface area contributed by atoms with Gasteiger partial charge in [0.05, 0.1) is 12.8 Å². The Morgan fingerprint density at radius 3 is 3.00 bits per heavy atom. The molecule has 1 atom stereocenters. The summed E-state index contributed by atoms with van der Waals surface area (Å²) in [5.74, 6) is 2.69. The fourth-order valence-corrected chi connectivity index (χ4v) is 1.95. The number of aromatic nitrogens is 2. The van der Waals surface area contributed by atoms with Crippen molar-refractivity contribution in [1.29, 1.82) is 0 Å². The Morgan fingerprint density at radius 1 is 1.47 bits per heavy atom. The van der Waals surface area contributed by atoms with Gasteiger partial charge in [-0.15, -0.1) is 0 Å². The molecular weight excluding hydrogens is 242 g/mol. The smallest absolute Gasteiger partial charge is 0.136 e. The number of nitrogens with zero attached hydrogens (tertiary/aromatic N) is 2. The van der Waals surface area contributed by atoms with Crippen molar-refractivity contribution in [3.8, 4) is 0 Å². The summed E-state index contributed by atoms with van der Waals surface area (Å²) in [6.45, 7) is 2.05. The number of rotatable bonds is 5. The van der Waals surface area contributed by atoms with Gasteiger partial charge in [-0.1, -0.05) is 0 Å². The van der Waals surface area contributed by atoms with Crippen LogP contribution in [0.4, 0.5) is 5.82 Å². The molecule has 1 aliphatic rings. The number of aliphatic hydroxyl groups is 1. The molecule has 1 unspecified atom stereocenters. The van der Waals surface area contributed by atoms with E-state index in [1.165, 1.54) is 12.8 Å². The first-order chi connectivity index (χ1) is 9.15. The fourth-order valence-electron chi connectivity index (χ4n) is 1.95. The highest BCUT2D eigenvalue weighted by Crippen LogP contribution is 2.38. The third-order valence-electron chi connectivity index (χ3n) is 3.28. The molecule has 100 valence electrons. The predicted molar refractivity (Wildman–Crippen MR) is 70.8 cm³/mol. The first kappa shape index (κ1) is 12.2. The average Bonchev–Trinajstić information content (AvgIpc) is 3.11. The van der Waals surface area contributed by atoms with Crippen LogP contribution in [0.15, 0.2) is 35.1 Å². The molecule has 0 amide bonds. The quantitative estimate of drug-likeness (QED) is 0.861. The normalized spacial score (nSPS) is 18.0. The molecule has 19 heavy (non-hydrogen) atoms. The van der Waals surface area contributed by atoms with Gasteiger partial charge in [0.15, 0.2) is 0 Å². The van der Waals surface area contributed by atoms with Gasteiger partial charge < -0.3 is 14.8 Å². The summed E-state index contributed by atoms with van der Waals surface area (Å²) in [5.41, 5.74) is -1.06. The van der Waals surface area contributed by atoms with Crippen LogP contribution in [0.3, 0.4) is 0 Å². The van der Waals surface area contributed by atoms with Gasteiger partial charge in [-0.05, 0) is 38.0 Å². The molecule has 1 fully saturated rings. The topological polar surface area (TPSA) is 71.2 Å². The lowest BCUT2D eigenvalue weighted by atomic mass is 10.0. The molecule has 1 aliphatic carbocycles. The van der Waals surface area contributed by atoms with Crippen molar-refractivity contribution in [2.45, 2.75) is 31.3 Å². The summed E-state index contributed by atoms with van der Waals surface area (Å²) in [7, 11) is 0. The standard InChI is InChI=1S/C14H17N3O2/c1-14(18,11-3-2-8-19-11)9-16-12-6-7-15-13(17-12)10-4-5-10/h2-3,6-8,10,18H,4-5,9H2,1H3,(H,15,16,17). The molecule has 0 aliphatic heterocycles. The maximum absolute atomic E-state index is 10.3. The molecule has 0 radical (unpaired) electrons. The second-order valence-corrected chi connectivity index (χ2v) is 5.18. The number of anilines is 1. The Morgan fingerprint density at radius 2 is 2.32 bits per heavy atom. The number of furan rings is 1. The van der Waals surface area contributed by atoms with Crippen LogP contribution in [0.5, 0.6) is 0 Å². The number of nitrogens with one attached hydrogen (secondary N) is 1. The second kappa shape index (κ2) is 4.66. The highest BCUT2D eigenvalue weighted by atomic mass is 16.4. The predicted octanol–water partition coefficient (Wildman–Crippen LogP) is 2.27. The summed E-state index contributed by atoms with van der Waals surface area (Å²) < 4.78 is 5.24. The van der Waals surface area contributed by atoms with Crippen LogP contribution in [0.25, 0.3) is 0 Å². The van der Waals surface area contributed by atoms with Crippen LogP contribution in [-0.4, -0.2) is 21.6 Å². The fraction of sp³-hybridized carbons (Fsp3) is 0.429. The number of hydrogen-bond acceptors (Lipinski definition) is 5. The highest BCUT2D eigenvalue weighted by molar-refractivity contribution is 5.35. The Balaban J connectivity index is 1.67. The van der Waals surface area contributed by atoms with E-state index in [4.69, 9.17) is 4.42 Å². The molecule has 0 saturated heterocycles. The molecular formula is C14H17N3O2. The van der Waals surface area contributed by atoms with Gasteiger partial charge in [0.2, 0.25) is 0 Å². The van der Waals surface area contributed by atoms with Crippen molar-refractivity contribution in [2.24, 2.45) is 0 Å². The van der Waals surface area contributed by atoms with Gasteiger partial charge in [-0.25, -0.2) is 9.97 Å². The summed E-state index contributed by atoms with van der Waals surface area (Å²) in [6, 6.07) is 5.33. The molecule has 2 N–H and O–H groups in total. The van der Waals surface area contributed by atoms with Crippen LogP contribution in [0.1, 0.15) is 37.3 Å². The van der Waals surface area contributed by atoms with Crippen LogP contribution < -0.4 is 5.32 Å². The van der Waals surface area contributed by atoms with E-state index in [1.807, 2.05) is 6.07 Å². The van der Waals surface area contributed by atoms with Crippen LogP contribution >= 0.6 is 0 Å². The zero-order valence-electron chi connectivity index (χ0n) is 10.8. The summed E-state index contributed by atoms with van der Waals surface area (Å²) in [6.07, 6.45) is 5.66. The molecule has 1 saturated carbocycles. The van der Waals surface area contributed by atoms with Crippen molar-refractivity contribution in [3.05, 3.63) is 42.2 Å². The molecule has 3 rings (SSSR count). The van der Waals surface area contributed by atoms with Crippen molar-refractivity contribution >= 4 is 5.82 Å². The summed E-state index contributed by atoms with van der Waals surface area (Å²) in [4.78, 5) is 8.72. The summed E-state index contributed by atoms with van der Waals surface area (Å²) in [5, 5.41) is 13.5. The average molecular weight is 259 g/mol. The minimum Gasteiger partial charge on any atom is -0.466 e. The lowest BCUT2D eigenvalue weighted by Gasteiger charge is -2.21. The highest BCUT2D eigenvalue weighted by Gasteiger charge is 2.28. The van der Waals surface area contributed by atoms with Gasteiger partial charge in [0, 0.05) is 12.1 Å². The van der Waals surface area contributed by atoms with E-state index in [0.29, 0.717) is 18.2 Å². The molecule has 2 aromatic heterocycles. The monoisotopic (exact) mass is 259 g/mol. The maximum atomic E-state index is 10.3. The molecule has 0 bridgehead atoms. The second-order valence-electron chi connectivity index (χ2n) is 5.18. The van der Waals surface area contributed by atoms with Crippen molar-refractivity contribution in [3.63, 3.8) is 0 Å². The Hall–Kier alpha value is -1.88. The van der Waals surface area contributed by atoms with Gasteiger partial charge in [0.25, 0.3) is 0 Å². The molecule has 5 heteroatoms. The van der Waals surface area contributed by atoms with Crippen molar-refractivity contribution in [2.75, 3.05) is 11.9 Å². The van der Waals surface area contributed by atoms with Crippen molar-refractivity contribution in [1.82, 2.24) is 9.97 Å². The largest absolute Gasteiger partial charge is 0.466 e. The van der Waals surface area contributed by atoms with E-state index in [2.05, 4.69) is 15.3 Å². The molecule has 0 spiro atoms. The SMILES string of the molecule is CC(O)(CNc1ccnc(C2CC2)n1)c1ccco1. The molecule has 0 aromatic carbocycles. The third kappa shape index (κ3) is 2.76. The third-order valence-corrected chi connectivity index (χ3v) is 3.28. The molecule has 2 heterocycles. The maximum Gasteiger partial charge on any atom is 0.136 e. The Bertz CT molecular complexity index is 548. The van der Waals surface area contributed by atoms with Crippen LogP contribution in [-0.2, 0) is 5.60 Å². The van der Waals surface area contributed by atoms with Gasteiger partial charge in [0.1, 0.15) is 23.0 Å². The zero-order valence-corrected chi connectivity index (χ0v) is 10.8. The summed E-state index contributed by atoms with van der Waals surface area (Å²) >= 11 is 0. The minimum absolute atomic E-state index is 0.335. The molecule has 2 aromatic rings. The van der Waals surface area contributed by atoms with E-state index >= 15 is 0 Å². The lowest BCUT2D eigenvalue weighted by Crippen LogP contribution is -2.30. The van der Waals surface area contributed by atoms with E-state index in [0.717, 1.165) is 11.6 Å². The Labute approximate surface area is 111 Å². The Kier molecular flexibility index (Phi) is 2.98. The number of hydrogen-bond donors (Lipinski definition) is 2. The van der Waals surface area contributed by atoms with E-state index < -0.39 is 5.60 Å². The zero-order chi connectivity index (χ0) is 13.3. The van der Waals surface area contributed by atoms with Crippen LogP contribution in [0, 0.1) is 0 Å².